The molecule has 1 aromatic heterocycles. The Balaban J connectivity index is 1.66. The molecule has 0 aliphatic carbocycles. The van der Waals surface area contributed by atoms with Crippen molar-refractivity contribution < 1.29 is 9.72 Å². The van der Waals surface area contributed by atoms with Crippen LogP contribution in [0.4, 0.5) is 5.69 Å². The van der Waals surface area contributed by atoms with Crippen molar-refractivity contribution in [3.63, 3.8) is 0 Å². The second-order valence-electron chi connectivity index (χ2n) is 8.47. The number of likely N-dealkylation sites (tertiary alicyclic amines) is 1. The van der Waals surface area contributed by atoms with Gasteiger partial charge in [0.2, 0.25) is 0 Å². The Morgan fingerprint density at radius 1 is 1.27 bits per heavy atom. The highest BCUT2D eigenvalue weighted by Gasteiger charge is 2.26. The van der Waals surface area contributed by atoms with Gasteiger partial charge >= 0.3 is 0 Å². The van der Waals surface area contributed by atoms with E-state index < -0.39 is 0 Å². The molecule has 1 aliphatic rings. The SMILES string of the molecule is Cc1ccc(C(=O)NCC(C)C)c(C2CCN(Cc3cccc([N+](=O)[O-])c3)CC2)n1. The number of piperidine rings is 1. The molecule has 2 aromatic rings. The molecule has 1 N–H and O–H groups in total. The summed E-state index contributed by atoms with van der Waals surface area (Å²) in [7, 11) is 0. The molecule has 0 saturated carbocycles. The van der Waals surface area contributed by atoms with Crippen molar-refractivity contribution in [3.8, 4) is 0 Å². The molecular formula is C23H30N4O3. The smallest absolute Gasteiger partial charge is 0.269 e. The zero-order chi connectivity index (χ0) is 21.7. The first kappa shape index (κ1) is 21.9. The van der Waals surface area contributed by atoms with Gasteiger partial charge in [0.1, 0.15) is 0 Å². The number of aryl methyl sites for hydroxylation is 1. The number of nitrogens with zero attached hydrogens (tertiary/aromatic N) is 3. The minimum Gasteiger partial charge on any atom is -0.352 e. The highest BCUT2D eigenvalue weighted by atomic mass is 16.6. The fraction of sp³-hybridized carbons (Fsp3) is 0.478. The largest absolute Gasteiger partial charge is 0.352 e. The van der Waals surface area contributed by atoms with E-state index in [1.165, 1.54) is 6.07 Å². The lowest BCUT2D eigenvalue weighted by Gasteiger charge is -2.32. The number of benzene rings is 1. The Bertz CT molecular complexity index is 905. The first-order valence-corrected chi connectivity index (χ1v) is 10.5. The van der Waals surface area contributed by atoms with Gasteiger partial charge in [-0.15, -0.1) is 0 Å². The van der Waals surface area contributed by atoms with E-state index in [1.807, 2.05) is 25.1 Å². The molecule has 7 nitrogen and oxygen atoms in total. The topological polar surface area (TPSA) is 88.4 Å². The summed E-state index contributed by atoms with van der Waals surface area (Å²) in [4.78, 5) is 30.4. The van der Waals surface area contributed by atoms with Crippen LogP contribution in [-0.2, 0) is 6.54 Å². The molecule has 0 atom stereocenters. The van der Waals surface area contributed by atoms with Crippen LogP contribution < -0.4 is 5.32 Å². The van der Waals surface area contributed by atoms with E-state index in [9.17, 15) is 14.9 Å². The molecule has 0 radical (unpaired) electrons. The van der Waals surface area contributed by atoms with Crippen molar-refractivity contribution in [2.45, 2.75) is 46.1 Å². The summed E-state index contributed by atoms with van der Waals surface area (Å²) in [6, 6.07) is 10.6. The molecule has 1 aliphatic heterocycles. The van der Waals surface area contributed by atoms with Crippen molar-refractivity contribution in [2.75, 3.05) is 19.6 Å². The lowest BCUT2D eigenvalue weighted by Crippen LogP contribution is -2.34. The molecular weight excluding hydrogens is 380 g/mol. The fourth-order valence-electron chi connectivity index (χ4n) is 3.86. The van der Waals surface area contributed by atoms with E-state index in [4.69, 9.17) is 4.98 Å². The van der Waals surface area contributed by atoms with Gasteiger partial charge in [0, 0.05) is 36.8 Å². The fourth-order valence-corrected chi connectivity index (χ4v) is 3.86. The van der Waals surface area contributed by atoms with Crippen molar-refractivity contribution in [1.29, 1.82) is 0 Å². The zero-order valence-electron chi connectivity index (χ0n) is 17.9. The van der Waals surface area contributed by atoms with Gasteiger partial charge in [-0.3, -0.25) is 24.8 Å². The highest BCUT2D eigenvalue weighted by Crippen LogP contribution is 2.30. The number of amides is 1. The second kappa shape index (κ2) is 9.80. The molecule has 1 fully saturated rings. The van der Waals surface area contributed by atoms with Crippen LogP contribution >= 0.6 is 0 Å². The predicted octanol–water partition coefficient (Wildman–Crippen LogP) is 4.06. The van der Waals surface area contributed by atoms with Crippen molar-refractivity contribution in [1.82, 2.24) is 15.2 Å². The van der Waals surface area contributed by atoms with Gasteiger partial charge in [0.05, 0.1) is 16.2 Å². The molecule has 1 amide bonds. The van der Waals surface area contributed by atoms with E-state index in [-0.39, 0.29) is 22.4 Å². The number of aromatic nitrogens is 1. The molecule has 0 spiro atoms. The summed E-state index contributed by atoms with van der Waals surface area (Å²) in [5.74, 6) is 0.587. The van der Waals surface area contributed by atoms with Crippen LogP contribution in [0.15, 0.2) is 36.4 Å². The van der Waals surface area contributed by atoms with Crippen LogP contribution in [0.1, 0.15) is 59.9 Å². The van der Waals surface area contributed by atoms with Crippen molar-refractivity contribution >= 4 is 11.6 Å². The molecule has 1 saturated heterocycles. The standard InChI is InChI=1S/C23H30N4O3/c1-16(2)14-24-23(28)21-8-7-17(3)25-22(21)19-9-11-26(12-10-19)15-18-5-4-6-20(13-18)27(29)30/h4-8,13,16,19H,9-12,14-15H2,1-3H3,(H,24,28). The summed E-state index contributed by atoms with van der Waals surface area (Å²) in [5.41, 5.74) is 3.57. The lowest BCUT2D eigenvalue weighted by molar-refractivity contribution is -0.384. The Kier molecular flexibility index (Phi) is 7.15. The van der Waals surface area contributed by atoms with Crippen LogP contribution in [0.2, 0.25) is 0 Å². The van der Waals surface area contributed by atoms with Gasteiger partial charge in [0.25, 0.3) is 11.6 Å². The molecule has 3 rings (SSSR count). The van der Waals surface area contributed by atoms with E-state index in [2.05, 4.69) is 24.1 Å². The number of nitro benzene ring substituents is 1. The molecule has 0 unspecified atom stereocenters. The Morgan fingerprint density at radius 2 is 2.00 bits per heavy atom. The summed E-state index contributed by atoms with van der Waals surface area (Å²) in [6.45, 7) is 9.19. The van der Waals surface area contributed by atoms with E-state index in [0.717, 1.165) is 42.9 Å². The number of non-ortho nitro benzene ring substituents is 1. The summed E-state index contributed by atoms with van der Waals surface area (Å²) in [6.07, 6.45) is 1.83. The maximum Gasteiger partial charge on any atom is 0.269 e. The number of pyridine rings is 1. The van der Waals surface area contributed by atoms with Gasteiger partial charge in [-0.1, -0.05) is 26.0 Å². The second-order valence-corrected chi connectivity index (χ2v) is 8.47. The average molecular weight is 411 g/mol. The molecule has 7 heteroatoms. The first-order chi connectivity index (χ1) is 14.3. The maximum atomic E-state index is 12.7. The summed E-state index contributed by atoms with van der Waals surface area (Å²) < 4.78 is 0. The van der Waals surface area contributed by atoms with Gasteiger partial charge in [-0.25, -0.2) is 0 Å². The monoisotopic (exact) mass is 410 g/mol. The van der Waals surface area contributed by atoms with Crippen LogP contribution in [0, 0.1) is 23.0 Å². The normalized spacial score (nSPS) is 15.3. The minimum atomic E-state index is -0.356. The molecule has 1 aromatic carbocycles. The number of carbonyl (C=O) groups excluding carboxylic acids is 1. The summed E-state index contributed by atoms with van der Waals surface area (Å²) in [5, 5.41) is 14.0. The van der Waals surface area contributed by atoms with Crippen LogP contribution in [0.3, 0.4) is 0 Å². The zero-order valence-corrected chi connectivity index (χ0v) is 17.9. The molecule has 160 valence electrons. The number of hydrogen-bond acceptors (Lipinski definition) is 5. The lowest BCUT2D eigenvalue weighted by atomic mass is 9.89. The highest BCUT2D eigenvalue weighted by molar-refractivity contribution is 5.95. The van der Waals surface area contributed by atoms with Gasteiger partial charge < -0.3 is 5.32 Å². The van der Waals surface area contributed by atoms with E-state index >= 15 is 0 Å². The van der Waals surface area contributed by atoms with Crippen LogP contribution in [-0.4, -0.2) is 40.3 Å². The first-order valence-electron chi connectivity index (χ1n) is 10.5. The Labute approximate surface area is 177 Å². The van der Waals surface area contributed by atoms with Crippen LogP contribution in [0.5, 0.6) is 0 Å². The molecule has 0 bridgehead atoms. The number of nitrogens with one attached hydrogen (secondary N) is 1. The van der Waals surface area contributed by atoms with Crippen molar-refractivity contribution in [2.24, 2.45) is 5.92 Å². The van der Waals surface area contributed by atoms with E-state index in [1.54, 1.807) is 12.1 Å². The number of nitro groups is 1. The molecule has 30 heavy (non-hydrogen) atoms. The quantitative estimate of drug-likeness (QED) is 0.549. The Morgan fingerprint density at radius 3 is 2.67 bits per heavy atom. The third-order valence-electron chi connectivity index (χ3n) is 5.48. The third-order valence-corrected chi connectivity index (χ3v) is 5.48. The number of hydrogen-bond donors (Lipinski definition) is 1. The minimum absolute atomic E-state index is 0.0507. The number of rotatable bonds is 7. The van der Waals surface area contributed by atoms with Gasteiger partial charge in [-0.05, 0) is 56.5 Å². The van der Waals surface area contributed by atoms with E-state index in [0.29, 0.717) is 24.6 Å². The van der Waals surface area contributed by atoms with Crippen molar-refractivity contribution in [3.05, 3.63) is 69.0 Å². The predicted molar refractivity (Wildman–Crippen MR) is 116 cm³/mol. The van der Waals surface area contributed by atoms with Crippen LogP contribution in [0.25, 0.3) is 0 Å². The maximum absolute atomic E-state index is 12.7. The Hall–Kier alpha value is -2.80. The molecule has 2 heterocycles. The van der Waals surface area contributed by atoms with Gasteiger partial charge in [-0.2, -0.15) is 0 Å². The number of carbonyl (C=O) groups is 1. The summed E-state index contributed by atoms with van der Waals surface area (Å²) >= 11 is 0. The third kappa shape index (κ3) is 5.63. The van der Waals surface area contributed by atoms with Gasteiger partial charge in [0.15, 0.2) is 0 Å². The average Bonchev–Trinajstić information content (AvgIpc) is 2.72.